The van der Waals surface area contributed by atoms with Gasteiger partial charge in [-0.05, 0) is 48.4 Å². The van der Waals surface area contributed by atoms with Crippen molar-refractivity contribution in [3.63, 3.8) is 0 Å². The van der Waals surface area contributed by atoms with Crippen LogP contribution >= 0.6 is 0 Å². The summed E-state index contributed by atoms with van der Waals surface area (Å²) in [5.41, 5.74) is 4.04. The van der Waals surface area contributed by atoms with Crippen molar-refractivity contribution in [1.82, 2.24) is 0 Å². The fraction of sp³-hybridized carbons (Fsp3) is 0.0417. The molecule has 3 aromatic rings. The SMILES string of the molecule is CC1=N/C(=C\c2ccccc2)C(=O)N1c1ccc(N=Cc2ccccc2)cc1. The van der Waals surface area contributed by atoms with E-state index in [0.717, 1.165) is 22.5 Å². The van der Waals surface area contributed by atoms with Gasteiger partial charge in [-0.25, -0.2) is 4.99 Å². The smallest absolute Gasteiger partial charge is 0.266 e. The van der Waals surface area contributed by atoms with Crippen LogP contribution in [0.25, 0.3) is 6.08 Å². The molecule has 0 spiro atoms. The number of carbonyl (C=O) groups excluding carboxylic acids is 1. The first-order valence-corrected chi connectivity index (χ1v) is 9.06. The summed E-state index contributed by atoms with van der Waals surface area (Å²) in [7, 11) is 0. The summed E-state index contributed by atoms with van der Waals surface area (Å²) in [6.07, 6.45) is 3.63. The van der Waals surface area contributed by atoms with E-state index in [1.807, 2.05) is 104 Å². The number of rotatable bonds is 4. The Hall–Kier alpha value is -3.79. The van der Waals surface area contributed by atoms with Crippen molar-refractivity contribution in [2.45, 2.75) is 6.92 Å². The molecule has 1 aliphatic heterocycles. The Labute approximate surface area is 164 Å². The van der Waals surface area contributed by atoms with Crippen LogP contribution < -0.4 is 4.90 Å². The van der Waals surface area contributed by atoms with Crippen LogP contribution in [0.1, 0.15) is 18.1 Å². The van der Waals surface area contributed by atoms with Gasteiger partial charge in [0.1, 0.15) is 11.5 Å². The van der Waals surface area contributed by atoms with Gasteiger partial charge in [0.25, 0.3) is 5.91 Å². The van der Waals surface area contributed by atoms with Crippen molar-refractivity contribution < 1.29 is 4.79 Å². The molecule has 0 saturated heterocycles. The Morgan fingerprint density at radius 3 is 2.07 bits per heavy atom. The van der Waals surface area contributed by atoms with Crippen LogP contribution in [-0.2, 0) is 4.79 Å². The molecule has 1 amide bonds. The number of hydrogen-bond acceptors (Lipinski definition) is 3. The van der Waals surface area contributed by atoms with Crippen LogP contribution in [0.3, 0.4) is 0 Å². The minimum atomic E-state index is -0.123. The predicted molar refractivity (Wildman–Crippen MR) is 115 cm³/mol. The number of nitrogens with zero attached hydrogens (tertiary/aromatic N) is 3. The van der Waals surface area contributed by atoms with E-state index in [2.05, 4.69) is 9.98 Å². The second kappa shape index (κ2) is 7.84. The van der Waals surface area contributed by atoms with Gasteiger partial charge in [-0.3, -0.25) is 14.7 Å². The Morgan fingerprint density at radius 2 is 1.43 bits per heavy atom. The van der Waals surface area contributed by atoms with Crippen molar-refractivity contribution in [1.29, 1.82) is 0 Å². The fourth-order valence-corrected chi connectivity index (χ4v) is 3.01. The van der Waals surface area contributed by atoms with Gasteiger partial charge in [-0.2, -0.15) is 0 Å². The van der Waals surface area contributed by atoms with Crippen LogP contribution in [0.4, 0.5) is 11.4 Å². The molecule has 0 saturated carbocycles. The number of amides is 1. The molecule has 0 fully saturated rings. The van der Waals surface area contributed by atoms with Gasteiger partial charge in [-0.15, -0.1) is 0 Å². The Balaban J connectivity index is 1.53. The Kier molecular flexibility index (Phi) is 4.93. The molecule has 136 valence electrons. The van der Waals surface area contributed by atoms with Crippen molar-refractivity contribution in [2.24, 2.45) is 9.98 Å². The maximum Gasteiger partial charge on any atom is 0.282 e. The summed E-state index contributed by atoms with van der Waals surface area (Å²) in [4.78, 5) is 23.4. The average molecular weight is 365 g/mol. The van der Waals surface area contributed by atoms with E-state index < -0.39 is 0 Å². The highest BCUT2D eigenvalue weighted by Gasteiger charge is 2.28. The Morgan fingerprint density at radius 1 is 0.821 bits per heavy atom. The number of anilines is 1. The van der Waals surface area contributed by atoms with E-state index in [4.69, 9.17) is 0 Å². The summed E-state index contributed by atoms with van der Waals surface area (Å²) in [5, 5.41) is 0. The summed E-state index contributed by atoms with van der Waals surface area (Å²) in [6, 6.07) is 27.2. The molecular weight excluding hydrogens is 346 g/mol. The van der Waals surface area contributed by atoms with E-state index in [-0.39, 0.29) is 5.91 Å². The maximum atomic E-state index is 12.8. The first-order valence-electron chi connectivity index (χ1n) is 9.06. The molecular formula is C24H19N3O. The van der Waals surface area contributed by atoms with Crippen LogP contribution in [0.5, 0.6) is 0 Å². The van der Waals surface area contributed by atoms with Gasteiger partial charge < -0.3 is 0 Å². The molecule has 0 N–H and O–H groups in total. The monoisotopic (exact) mass is 365 g/mol. The molecule has 28 heavy (non-hydrogen) atoms. The van der Waals surface area contributed by atoms with Crippen LogP contribution in [0.2, 0.25) is 0 Å². The number of aliphatic imine (C=N–C) groups is 2. The highest BCUT2D eigenvalue weighted by atomic mass is 16.2. The molecule has 1 aliphatic rings. The van der Waals surface area contributed by atoms with Gasteiger partial charge >= 0.3 is 0 Å². The lowest BCUT2D eigenvalue weighted by Crippen LogP contribution is -2.30. The van der Waals surface area contributed by atoms with Gasteiger partial charge in [-0.1, -0.05) is 60.7 Å². The molecule has 0 aliphatic carbocycles. The number of carbonyl (C=O) groups is 1. The van der Waals surface area contributed by atoms with Gasteiger partial charge in [0.05, 0.1) is 11.4 Å². The first-order chi connectivity index (χ1) is 13.7. The number of hydrogen-bond donors (Lipinski definition) is 0. The molecule has 4 nitrogen and oxygen atoms in total. The topological polar surface area (TPSA) is 45.0 Å². The van der Waals surface area contributed by atoms with Crippen molar-refractivity contribution in [3.8, 4) is 0 Å². The van der Waals surface area contributed by atoms with E-state index in [9.17, 15) is 4.79 Å². The first kappa shape index (κ1) is 17.6. The molecule has 0 bridgehead atoms. The zero-order valence-corrected chi connectivity index (χ0v) is 15.5. The quantitative estimate of drug-likeness (QED) is 0.460. The van der Waals surface area contributed by atoms with Gasteiger partial charge in [0.15, 0.2) is 0 Å². The van der Waals surface area contributed by atoms with Crippen molar-refractivity contribution in [2.75, 3.05) is 4.90 Å². The molecule has 0 radical (unpaired) electrons. The highest BCUT2D eigenvalue weighted by molar-refractivity contribution is 6.28. The minimum absolute atomic E-state index is 0.123. The van der Waals surface area contributed by atoms with Crippen molar-refractivity contribution in [3.05, 3.63) is 102 Å². The summed E-state index contributed by atoms with van der Waals surface area (Å²) in [5.74, 6) is 0.537. The second-order valence-electron chi connectivity index (χ2n) is 6.43. The lowest BCUT2D eigenvalue weighted by Gasteiger charge is -2.16. The van der Waals surface area contributed by atoms with Gasteiger partial charge in [0.2, 0.25) is 0 Å². The molecule has 4 rings (SSSR count). The van der Waals surface area contributed by atoms with E-state index in [1.165, 1.54) is 0 Å². The molecule has 0 unspecified atom stereocenters. The third-order valence-electron chi connectivity index (χ3n) is 4.40. The summed E-state index contributed by atoms with van der Waals surface area (Å²) in [6.45, 7) is 1.84. The lowest BCUT2D eigenvalue weighted by atomic mass is 10.2. The van der Waals surface area contributed by atoms with E-state index in [1.54, 1.807) is 4.90 Å². The minimum Gasteiger partial charge on any atom is -0.266 e. The third-order valence-corrected chi connectivity index (χ3v) is 4.40. The Bertz CT molecular complexity index is 1070. The predicted octanol–water partition coefficient (Wildman–Crippen LogP) is 5.24. The van der Waals surface area contributed by atoms with Crippen molar-refractivity contribution >= 4 is 35.4 Å². The van der Waals surface area contributed by atoms with E-state index >= 15 is 0 Å². The van der Waals surface area contributed by atoms with Crippen LogP contribution in [0, 0.1) is 0 Å². The maximum absolute atomic E-state index is 12.8. The van der Waals surface area contributed by atoms with Crippen LogP contribution in [-0.4, -0.2) is 18.0 Å². The normalized spacial score (nSPS) is 15.5. The number of amidine groups is 1. The molecule has 3 aromatic carbocycles. The lowest BCUT2D eigenvalue weighted by molar-refractivity contribution is -0.113. The molecule has 0 aromatic heterocycles. The van der Waals surface area contributed by atoms with Crippen LogP contribution in [0.15, 0.2) is 101 Å². The fourth-order valence-electron chi connectivity index (χ4n) is 3.01. The summed E-state index contributed by atoms with van der Waals surface area (Å²) < 4.78 is 0. The largest absolute Gasteiger partial charge is 0.282 e. The highest BCUT2D eigenvalue weighted by Crippen LogP contribution is 2.26. The number of benzene rings is 3. The summed E-state index contributed by atoms with van der Waals surface area (Å²) >= 11 is 0. The zero-order chi connectivity index (χ0) is 19.3. The average Bonchev–Trinajstić information content (AvgIpc) is 3.01. The third kappa shape index (κ3) is 3.81. The van der Waals surface area contributed by atoms with E-state index in [0.29, 0.717) is 11.5 Å². The molecule has 0 atom stereocenters. The zero-order valence-electron chi connectivity index (χ0n) is 15.5. The second-order valence-corrected chi connectivity index (χ2v) is 6.43. The van der Waals surface area contributed by atoms with Gasteiger partial charge in [0, 0.05) is 6.21 Å². The molecule has 1 heterocycles. The standard InChI is InChI=1S/C24H19N3O/c1-18-26-23(16-19-8-4-2-5-9-19)24(28)27(18)22-14-12-21(13-15-22)25-17-20-10-6-3-7-11-20/h2-17H,1H3/b23-16-,25-17?. The molecule has 4 heteroatoms.